The van der Waals surface area contributed by atoms with Crippen LogP contribution in [0.4, 0.5) is 0 Å². The monoisotopic (exact) mass is 464 g/mol. The van der Waals surface area contributed by atoms with E-state index in [-0.39, 0.29) is 17.6 Å². The van der Waals surface area contributed by atoms with Gasteiger partial charge in [0.2, 0.25) is 5.91 Å². The molecule has 1 unspecified atom stereocenters. The summed E-state index contributed by atoms with van der Waals surface area (Å²) in [5.41, 5.74) is 1.12. The van der Waals surface area contributed by atoms with Crippen LogP contribution in [0.2, 0.25) is 0 Å². The van der Waals surface area contributed by atoms with Crippen molar-refractivity contribution in [3.05, 3.63) is 84.3 Å². The molecule has 0 bridgehead atoms. The first-order valence-corrected chi connectivity index (χ1v) is 11.5. The van der Waals surface area contributed by atoms with Gasteiger partial charge in [-0.05, 0) is 60.7 Å². The second-order valence-electron chi connectivity index (χ2n) is 8.26. The van der Waals surface area contributed by atoms with E-state index in [0.29, 0.717) is 19.8 Å². The van der Waals surface area contributed by atoms with Crippen LogP contribution in [0.15, 0.2) is 77.4 Å². The van der Waals surface area contributed by atoms with Gasteiger partial charge in [0.1, 0.15) is 24.1 Å². The summed E-state index contributed by atoms with van der Waals surface area (Å²) < 4.78 is 16.6. The van der Waals surface area contributed by atoms with Crippen LogP contribution in [0.1, 0.15) is 42.8 Å². The van der Waals surface area contributed by atoms with E-state index in [1.165, 1.54) is 6.26 Å². The Hall–Kier alpha value is -3.74. The zero-order valence-corrected chi connectivity index (χ0v) is 19.7. The molecule has 3 aromatic rings. The number of nitrogens with one attached hydrogen (secondary N) is 2. The average molecular weight is 465 g/mol. The summed E-state index contributed by atoms with van der Waals surface area (Å²) in [6.07, 6.45) is 2.98. The van der Waals surface area contributed by atoms with Crippen LogP contribution in [0, 0.1) is 5.92 Å². The molecule has 0 aliphatic rings. The van der Waals surface area contributed by atoms with E-state index >= 15 is 0 Å². The quantitative estimate of drug-likeness (QED) is 0.361. The van der Waals surface area contributed by atoms with Gasteiger partial charge in [0.15, 0.2) is 5.76 Å². The van der Waals surface area contributed by atoms with E-state index in [0.717, 1.165) is 29.9 Å². The molecule has 34 heavy (non-hydrogen) atoms. The van der Waals surface area contributed by atoms with Crippen LogP contribution >= 0.6 is 0 Å². The average Bonchev–Trinajstić information content (AvgIpc) is 3.39. The van der Waals surface area contributed by atoms with Crippen LogP contribution in [0.5, 0.6) is 11.5 Å². The largest absolute Gasteiger partial charge is 0.494 e. The molecule has 2 amide bonds. The Kier molecular flexibility index (Phi) is 9.58. The number of rotatable bonds is 13. The second-order valence-corrected chi connectivity index (χ2v) is 8.26. The van der Waals surface area contributed by atoms with Crippen LogP contribution in [-0.4, -0.2) is 31.0 Å². The number of carbonyl (C=O) groups is 2. The van der Waals surface area contributed by atoms with Gasteiger partial charge < -0.3 is 24.5 Å². The standard InChI is InChI=1S/C27H32N2O5/c1-20(2)25(29-26(30)24-11-8-18-33-24)27(31)28-16-6-7-17-32-22-12-14-23(15-13-22)34-19-21-9-4-3-5-10-21/h3-5,8-15,18,20,25H,6-7,16-17,19H2,1-2H3,(H,28,31)(H,29,30). The van der Waals surface area contributed by atoms with Crippen molar-refractivity contribution in [2.24, 2.45) is 5.92 Å². The first-order valence-electron chi connectivity index (χ1n) is 11.5. The Morgan fingerprint density at radius 1 is 0.882 bits per heavy atom. The zero-order chi connectivity index (χ0) is 24.2. The van der Waals surface area contributed by atoms with Crippen molar-refractivity contribution in [2.45, 2.75) is 39.3 Å². The van der Waals surface area contributed by atoms with E-state index in [1.807, 2.05) is 68.4 Å². The molecule has 0 fully saturated rings. The maximum Gasteiger partial charge on any atom is 0.287 e. The summed E-state index contributed by atoms with van der Waals surface area (Å²) in [5.74, 6) is 1.09. The fourth-order valence-electron chi connectivity index (χ4n) is 3.27. The molecule has 3 rings (SSSR count). The summed E-state index contributed by atoms with van der Waals surface area (Å²) in [6, 6.07) is 20.1. The molecule has 0 spiro atoms. The van der Waals surface area contributed by atoms with Crippen molar-refractivity contribution in [1.82, 2.24) is 10.6 Å². The van der Waals surface area contributed by atoms with Crippen LogP contribution in [0.3, 0.4) is 0 Å². The van der Waals surface area contributed by atoms with Gasteiger partial charge in [0.25, 0.3) is 5.91 Å². The van der Waals surface area contributed by atoms with Gasteiger partial charge in [-0.3, -0.25) is 9.59 Å². The van der Waals surface area contributed by atoms with Gasteiger partial charge in [-0.15, -0.1) is 0 Å². The van der Waals surface area contributed by atoms with Crippen molar-refractivity contribution in [3.8, 4) is 11.5 Å². The maximum absolute atomic E-state index is 12.5. The van der Waals surface area contributed by atoms with Crippen molar-refractivity contribution >= 4 is 11.8 Å². The molecule has 0 aliphatic heterocycles. The summed E-state index contributed by atoms with van der Waals surface area (Å²) in [7, 11) is 0. The van der Waals surface area contributed by atoms with Crippen LogP contribution in [-0.2, 0) is 11.4 Å². The molecule has 1 aromatic heterocycles. The predicted octanol–water partition coefficient (Wildman–Crippen LogP) is 4.59. The predicted molar refractivity (Wildman–Crippen MR) is 130 cm³/mol. The Labute approximate surface area is 200 Å². The minimum absolute atomic E-state index is 0.0538. The van der Waals surface area contributed by atoms with Crippen LogP contribution < -0.4 is 20.1 Å². The van der Waals surface area contributed by atoms with Gasteiger partial charge >= 0.3 is 0 Å². The molecule has 0 saturated heterocycles. The number of furan rings is 1. The molecular weight excluding hydrogens is 432 g/mol. The van der Waals surface area contributed by atoms with Crippen molar-refractivity contribution in [1.29, 1.82) is 0 Å². The van der Waals surface area contributed by atoms with Gasteiger partial charge in [0.05, 0.1) is 12.9 Å². The minimum atomic E-state index is -0.628. The van der Waals surface area contributed by atoms with Crippen molar-refractivity contribution < 1.29 is 23.5 Å². The Balaban J connectivity index is 1.31. The fraction of sp³-hybridized carbons (Fsp3) is 0.333. The van der Waals surface area contributed by atoms with Crippen LogP contribution in [0.25, 0.3) is 0 Å². The van der Waals surface area contributed by atoms with E-state index in [4.69, 9.17) is 13.9 Å². The fourth-order valence-corrected chi connectivity index (χ4v) is 3.27. The smallest absolute Gasteiger partial charge is 0.287 e. The normalized spacial score (nSPS) is 11.6. The molecule has 0 aliphatic carbocycles. The molecule has 2 aromatic carbocycles. The number of hydrogen-bond acceptors (Lipinski definition) is 5. The van der Waals surface area contributed by atoms with E-state index < -0.39 is 11.9 Å². The third kappa shape index (κ3) is 7.99. The lowest BCUT2D eigenvalue weighted by Crippen LogP contribution is -2.49. The third-order valence-corrected chi connectivity index (χ3v) is 5.19. The van der Waals surface area contributed by atoms with Gasteiger partial charge in [-0.25, -0.2) is 0 Å². The van der Waals surface area contributed by atoms with E-state index in [2.05, 4.69) is 10.6 Å². The van der Waals surface area contributed by atoms with Gasteiger partial charge in [-0.2, -0.15) is 0 Å². The Morgan fingerprint density at radius 2 is 1.59 bits per heavy atom. The highest BCUT2D eigenvalue weighted by Gasteiger charge is 2.25. The topological polar surface area (TPSA) is 89.8 Å². The number of unbranched alkanes of at least 4 members (excludes halogenated alkanes) is 1. The number of hydrogen-bond donors (Lipinski definition) is 2. The molecule has 0 radical (unpaired) electrons. The molecule has 0 saturated carbocycles. The molecule has 2 N–H and O–H groups in total. The highest BCUT2D eigenvalue weighted by atomic mass is 16.5. The first-order chi connectivity index (χ1) is 16.5. The number of amides is 2. The number of ether oxygens (including phenoxy) is 2. The summed E-state index contributed by atoms with van der Waals surface area (Å²) in [5, 5.41) is 5.63. The maximum atomic E-state index is 12.5. The van der Waals surface area contributed by atoms with Crippen molar-refractivity contribution in [2.75, 3.05) is 13.2 Å². The molecule has 1 atom stereocenters. The van der Waals surface area contributed by atoms with E-state index in [1.54, 1.807) is 12.1 Å². The number of carbonyl (C=O) groups excluding carboxylic acids is 2. The van der Waals surface area contributed by atoms with Gasteiger partial charge in [0, 0.05) is 6.54 Å². The molecule has 7 heteroatoms. The molecular formula is C27H32N2O5. The SMILES string of the molecule is CC(C)C(NC(=O)c1ccco1)C(=O)NCCCCOc1ccc(OCc2ccccc2)cc1. The summed E-state index contributed by atoms with van der Waals surface area (Å²) in [6.45, 7) is 5.35. The summed E-state index contributed by atoms with van der Waals surface area (Å²) in [4.78, 5) is 24.7. The van der Waals surface area contributed by atoms with Crippen molar-refractivity contribution in [3.63, 3.8) is 0 Å². The molecule has 180 valence electrons. The zero-order valence-electron chi connectivity index (χ0n) is 19.7. The van der Waals surface area contributed by atoms with E-state index in [9.17, 15) is 9.59 Å². The summed E-state index contributed by atoms with van der Waals surface area (Å²) >= 11 is 0. The lowest BCUT2D eigenvalue weighted by atomic mass is 10.0. The highest BCUT2D eigenvalue weighted by Crippen LogP contribution is 2.19. The highest BCUT2D eigenvalue weighted by molar-refractivity contribution is 5.95. The minimum Gasteiger partial charge on any atom is -0.494 e. The second kappa shape index (κ2) is 13.1. The third-order valence-electron chi connectivity index (χ3n) is 5.19. The van der Waals surface area contributed by atoms with Gasteiger partial charge in [-0.1, -0.05) is 44.2 Å². The number of benzene rings is 2. The Bertz CT molecular complexity index is 1000. The Morgan fingerprint density at radius 3 is 2.24 bits per heavy atom. The molecule has 1 heterocycles. The molecule has 7 nitrogen and oxygen atoms in total. The lowest BCUT2D eigenvalue weighted by molar-refractivity contribution is -0.123. The first kappa shape index (κ1) is 24.9. The lowest BCUT2D eigenvalue weighted by Gasteiger charge is -2.21.